The van der Waals surface area contributed by atoms with E-state index in [1.807, 2.05) is 60.7 Å². The summed E-state index contributed by atoms with van der Waals surface area (Å²) < 4.78 is 38.4. The summed E-state index contributed by atoms with van der Waals surface area (Å²) in [5.41, 5.74) is 2.02. The Morgan fingerprint density at radius 1 is 0.731 bits per heavy atom. The van der Waals surface area contributed by atoms with E-state index in [1.54, 1.807) is 6.07 Å². The van der Waals surface area contributed by atoms with Gasteiger partial charge in [0.1, 0.15) is 5.71 Å². The number of halogens is 3. The normalized spacial score (nSPS) is 11.5. The summed E-state index contributed by atoms with van der Waals surface area (Å²) in [6.07, 6.45) is -3.06. The minimum atomic E-state index is -4.38. The Hall–Kier alpha value is -3.21. The van der Waals surface area contributed by atoms with Gasteiger partial charge in [-0.05, 0) is 17.7 Å². The maximum absolute atomic E-state index is 12.8. The van der Waals surface area contributed by atoms with E-state index in [-0.39, 0.29) is 0 Å². The fourth-order valence-corrected chi connectivity index (χ4v) is 2.42. The molecule has 0 aliphatic rings. The average molecular weight is 352 g/mol. The Morgan fingerprint density at radius 2 is 1.31 bits per heavy atom. The first-order chi connectivity index (χ1) is 12.5. The molecule has 5 heteroatoms. The van der Waals surface area contributed by atoms with Crippen LogP contribution in [0.4, 0.5) is 13.2 Å². The number of rotatable bonds is 4. The van der Waals surface area contributed by atoms with Crippen molar-refractivity contribution in [2.45, 2.75) is 6.18 Å². The maximum Gasteiger partial charge on any atom is 0.416 e. The van der Waals surface area contributed by atoms with E-state index >= 15 is 0 Å². The molecule has 0 aliphatic carbocycles. The molecule has 0 aliphatic heterocycles. The molecule has 26 heavy (non-hydrogen) atoms. The Bertz CT molecular complexity index is 873. The van der Waals surface area contributed by atoms with Gasteiger partial charge >= 0.3 is 6.18 Å². The molecule has 3 rings (SSSR count). The van der Waals surface area contributed by atoms with Gasteiger partial charge in [0, 0.05) is 11.1 Å². The second-order valence-electron chi connectivity index (χ2n) is 5.55. The molecule has 3 aromatic carbocycles. The van der Waals surface area contributed by atoms with Crippen LogP contribution in [0, 0.1) is 0 Å². The van der Waals surface area contributed by atoms with Gasteiger partial charge < -0.3 is 0 Å². The maximum atomic E-state index is 12.8. The molecule has 0 bridgehead atoms. The minimum Gasteiger partial charge on any atom is -0.166 e. The van der Waals surface area contributed by atoms with E-state index in [4.69, 9.17) is 0 Å². The van der Waals surface area contributed by atoms with E-state index in [0.717, 1.165) is 23.3 Å². The third-order valence-electron chi connectivity index (χ3n) is 3.67. The molecule has 0 unspecified atom stereocenters. The molecule has 0 atom stereocenters. The highest BCUT2D eigenvalue weighted by molar-refractivity contribution is 6.12. The first kappa shape index (κ1) is 17.6. The zero-order valence-electron chi connectivity index (χ0n) is 13.7. The van der Waals surface area contributed by atoms with Gasteiger partial charge in [0.05, 0.1) is 11.8 Å². The van der Waals surface area contributed by atoms with Crippen LogP contribution in [-0.4, -0.2) is 11.9 Å². The Kier molecular flexibility index (Phi) is 5.27. The van der Waals surface area contributed by atoms with Crippen LogP contribution in [0.3, 0.4) is 0 Å². The standard InChI is InChI=1S/C21H15F3N2/c22-21(23,24)19-13-7-8-16(14-19)15-25-26-20(17-9-3-1-4-10-17)18-11-5-2-6-12-18/h1-15H. The summed E-state index contributed by atoms with van der Waals surface area (Å²) in [5, 5.41) is 8.27. The monoisotopic (exact) mass is 352 g/mol. The molecular formula is C21H15F3N2. The fraction of sp³-hybridized carbons (Fsp3) is 0.0476. The SMILES string of the molecule is FC(F)(F)c1cccc(C=NN=C(c2ccccc2)c2ccccc2)c1. The van der Waals surface area contributed by atoms with Crippen LogP contribution in [0.25, 0.3) is 0 Å². The van der Waals surface area contributed by atoms with Gasteiger partial charge in [-0.1, -0.05) is 72.8 Å². The second-order valence-corrected chi connectivity index (χ2v) is 5.55. The van der Waals surface area contributed by atoms with Crippen molar-refractivity contribution in [1.82, 2.24) is 0 Å². The number of alkyl halides is 3. The molecule has 0 spiro atoms. The van der Waals surface area contributed by atoms with Gasteiger partial charge in [-0.25, -0.2) is 0 Å². The molecule has 130 valence electrons. The Labute approximate surface area is 149 Å². The molecule has 0 fully saturated rings. The van der Waals surface area contributed by atoms with Crippen LogP contribution in [0.15, 0.2) is 95.1 Å². The average Bonchev–Trinajstić information content (AvgIpc) is 2.66. The lowest BCUT2D eigenvalue weighted by Gasteiger charge is -2.06. The fourth-order valence-electron chi connectivity index (χ4n) is 2.42. The first-order valence-corrected chi connectivity index (χ1v) is 7.93. The highest BCUT2D eigenvalue weighted by Crippen LogP contribution is 2.29. The van der Waals surface area contributed by atoms with Crippen molar-refractivity contribution in [3.8, 4) is 0 Å². The van der Waals surface area contributed by atoms with Crippen LogP contribution < -0.4 is 0 Å². The summed E-state index contributed by atoms with van der Waals surface area (Å²) in [4.78, 5) is 0. The quantitative estimate of drug-likeness (QED) is 0.433. The Balaban J connectivity index is 1.93. The molecule has 0 saturated heterocycles. The third kappa shape index (κ3) is 4.45. The van der Waals surface area contributed by atoms with E-state index in [2.05, 4.69) is 10.2 Å². The largest absolute Gasteiger partial charge is 0.416 e. The van der Waals surface area contributed by atoms with Crippen molar-refractivity contribution in [3.63, 3.8) is 0 Å². The molecular weight excluding hydrogens is 337 g/mol. The highest BCUT2D eigenvalue weighted by atomic mass is 19.4. The number of hydrogen-bond acceptors (Lipinski definition) is 2. The summed E-state index contributed by atoms with van der Waals surface area (Å²) >= 11 is 0. The highest BCUT2D eigenvalue weighted by Gasteiger charge is 2.30. The third-order valence-corrected chi connectivity index (χ3v) is 3.67. The molecule has 0 N–H and O–H groups in total. The molecule has 0 saturated carbocycles. The lowest BCUT2D eigenvalue weighted by molar-refractivity contribution is -0.137. The number of hydrogen-bond donors (Lipinski definition) is 0. The van der Waals surface area contributed by atoms with Crippen molar-refractivity contribution in [1.29, 1.82) is 0 Å². The van der Waals surface area contributed by atoms with Crippen molar-refractivity contribution in [2.75, 3.05) is 0 Å². The molecule has 3 aromatic rings. The minimum absolute atomic E-state index is 0.337. The van der Waals surface area contributed by atoms with Gasteiger partial charge in [-0.3, -0.25) is 0 Å². The predicted octanol–water partition coefficient (Wildman–Crippen LogP) is 5.58. The van der Waals surface area contributed by atoms with Gasteiger partial charge in [-0.2, -0.15) is 18.3 Å². The van der Waals surface area contributed by atoms with Crippen LogP contribution in [0.2, 0.25) is 0 Å². The summed E-state index contributed by atoms with van der Waals surface area (Å²) in [6.45, 7) is 0. The first-order valence-electron chi connectivity index (χ1n) is 7.93. The topological polar surface area (TPSA) is 24.7 Å². The smallest absolute Gasteiger partial charge is 0.166 e. The lowest BCUT2D eigenvalue weighted by Crippen LogP contribution is -2.05. The van der Waals surface area contributed by atoms with Crippen molar-refractivity contribution >= 4 is 11.9 Å². The molecule has 0 amide bonds. The van der Waals surface area contributed by atoms with Crippen LogP contribution in [0.1, 0.15) is 22.3 Å². The van der Waals surface area contributed by atoms with Crippen LogP contribution in [0.5, 0.6) is 0 Å². The van der Waals surface area contributed by atoms with E-state index < -0.39 is 11.7 Å². The molecule has 0 radical (unpaired) electrons. The lowest BCUT2D eigenvalue weighted by atomic mass is 10.0. The Morgan fingerprint density at radius 3 is 1.85 bits per heavy atom. The van der Waals surface area contributed by atoms with Crippen LogP contribution in [-0.2, 0) is 6.18 Å². The van der Waals surface area contributed by atoms with Crippen LogP contribution >= 0.6 is 0 Å². The second kappa shape index (κ2) is 7.78. The number of benzene rings is 3. The zero-order valence-corrected chi connectivity index (χ0v) is 13.7. The van der Waals surface area contributed by atoms with Gasteiger partial charge in [0.15, 0.2) is 0 Å². The van der Waals surface area contributed by atoms with E-state index in [9.17, 15) is 13.2 Å². The van der Waals surface area contributed by atoms with E-state index in [1.165, 1.54) is 12.3 Å². The summed E-state index contributed by atoms with van der Waals surface area (Å²) in [5.74, 6) is 0. The molecule has 2 nitrogen and oxygen atoms in total. The zero-order chi connectivity index (χ0) is 18.4. The van der Waals surface area contributed by atoms with Crippen molar-refractivity contribution in [3.05, 3.63) is 107 Å². The van der Waals surface area contributed by atoms with Gasteiger partial charge in [0.25, 0.3) is 0 Å². The predicted molar refractivity (Wildman–Crippen MR) is 97.6 cm³/mol. The molecule has 0 aromatic heterocycles. The van der Waals surface area contributed by atoms with E-state index in [0.29, 0.717) is 11.3 Å². The summed E-state index contributed by atoms with van der Waals surface area (Å²) in [7, 11) is 0. The number of nitrogens with zero attached hydrogens (tertiary/aromatic N) is 2. The van der Waals surface area contributed by atoms with Crippen molar-refractivity contribution < 1.29 is 13.2 Å². The van der Waals surface area contributed by atoms with Gasteiger partial charge in [-0.15, -0.1) is 5.10 Å². The summed E-state index contributed by atoms with van der Waals surface area (Å²) in [6, 6.07) is 24.0. The molecule has 0 heterocycles. The van der Waals surface area contributed by atoms with Crippen molar-refractivity contribution in [2.24, 2.45) is 10.2 Å². The van der Waals surface area contributed by atoms with Gasteiger partial charge in [0.2, 0.25) is 0 Å².